The Balaban J connectivity index is 2.68. The largest absolute Gasteiger partial charge is 0.409 e. The molecule has 9 heteroatoms. The third-order valence-corrected chi connectivity index (χ3v) is 4.20. The van der Waals surface area contributed by atoms with E-state index >= 15 is 0 Å². The molecule has 20 heavy (non-hydrogen) atoms. The van der Waals surface area contributed by atoms with Crippen LogP contribution < -0.4 is 11.1 Å². The summed E-state index contributed by atoms with van der Waals surface area (Å²) >= 11 is 0. The first-order chi connectivity index (χ1) is 9.36. The first-order valence-corrected chi connectivity index (χ1v) is 7.31. The van der Waals surface area contributed by atoms with Gasteiger partial charge in [-0.1, -0.05) is 5.16 Å². The number of alkyl halides is 2. The van der Waals surface area contributed by atoms with Crippen LogP contribution in [0, 0.1) is 0 Å². The van der Waals surface area contributed by atoms with E-state index in [1.165, 1.54) is 24.3 Å². The second-order valence-electron chi connectivity index (χ2n) is 3.92. The van der Waals surface area contributed by atoms with Crippen LogP contribution in [0.15, 0.2) is 34.3 Å². The van der Waals surface area contributed by atoms with Crippen LogP contribution in [-0.4, -0.2) is 44.7 Å². The number of nitrogens with two attached hydrogens (primary N) is 1. The molecule has 0 amide bonds. The highest BCUT2D eigenvalue weighted by Crippen LogP contribution is 2.12. The normalized spacial score (nSPS) is 12.8. The van der Waals surface area contributed by atoms with Gasteiger partial charge in [0.25, 0.3) is 6.43 Å². The predicted octanol–water partition coefficient (Wildman–Crippen LogP) is 0.409. The van der Waals surface area contributed by atoms with Gasteiger partial charge in [0, 0.05) is 12.1 Å². The number of benzene rings is 1. The Labute approximate surface area is 115 Å². The molecule has 6 nitrogen and oxygen atoms in total. The summed E-state index contributed by atoms with van der Waals surface area (Å²) in [4.78, 5) is 0.0471. The van der Waals surface area contributed by atoms with Gasteiger partial charge in [-0.25, -0.2) is 17.2 Å². The first kappa shape index (κ1) is 16.3. The summed E-state index contributed by atoms with van der Waals surface area (Å²) in [6.07, 6.45) is -2.52. The topological polar surface area (TPSA) is 105 Å². The van der Waals surface area contributed by atoms with Gasteiger partial charge >= 0.3 is 0 Å². The van der Waals surface area contributed by atoms with Gasteiger partial charge in [-0.15, -0.1) is 0 Å². The van der Waals surface area contributed by atoms with Gasteiger partial charge in [0.1, 0.15) is 0 Å². The Bertz CT molecular complexity index is 559. The van der Waals surface area contributed by atoms with Gasteiger partial charge in [0.2, 0.25) is 0 Å². The molecule has 0 saturated carbocycles. The fraction of sp³-hybridized carbons (Fsp3) is 0.364. The Kier molecular flexibility index (Phi) is 5.83. The highest BCUT2D eigenvalue weighted by atomic mass is 32.2. The Morgan fingerprint density at radius 3 is 2.45 bits per heavy atom. The average Bonchev–Trinajstić information content (AvgIpc) is 2.43. The molecule has 0 fully saturated rings. The molecule has 0 saturated heterocycles. The molecule has 0 aliphatic carbocycles. The number of halogens is 2. The fourth-order valence-corrected chi connectivity index (χ4v) is 2.63. The van der Waals surface area contributed by atoms with Crippen molar-refractivity contribution in [2.24, 2.45) is 10.9 Å². The SMILES string of the molecule is N/C(=N/O)c1ccc(S(=O)(=O)CCNCC(F)F)cc1. The molecular formula is C11H15F2N3O3S. The van der Waals surface area contributed by atoms with Gasteiger partial charge in [0.05, 0.1) is 17.2 Å². The molecule has 1 aromatic carbocycles. The highest BCUT2D eigenvalue weighted by Gasteiger charge is 2.14. The molecule has 0 aliphatic rings. The fourth-order valence-electron chi connectivity index (χ4n) is 1.43. The summed E-state index contributed by atoms with van der Waals surface area (Å²) in [7, 11) is -3.56. The second-order valence-corrected chi connectivity index (χ2v) is 6.03. The monoisotopic (exact) mass is 307 g/mol. The van der Waals surface area contributed by atoms with E-state index < -0.39 is 22.8 Å². The van der Waals surface area contributed by atoms with Crippen LogP contribution in [0.25, 0.3) is 0 Å². The van der Waals surface area contributed by atoms with Crippen molar-refractivity contribution in [2.45, 2.75) is 11.3 Å². The van der Waals surface area contributed by atoms with Crippen molar-refractivity contribution >= 4 is 15.7 Å². The molecule has 0 heterocycles. The second kappa shape index (κ2) is 7.15. The quantitative estimate of drug-likeness (QED) is 0.222. The van der Waals surface area contributed by atoms with Gasteiger partial charge in [-0.2, -0.15) is 0 Å². The summed E-state index contributed by atoms with van der Waals surface area (Å²) in [5, 5.41) is 13.6. The zero-order chi connectivity index (χ0) is 15.2. The molecule has 0 radical (unpaired) electrons. The molecule has 1 rings (SSSR count). The molecule has 0 spiro atoms. The summed E-state index contributed by atoms with van der Waals surface area (Å²) in [5.74, 6) is -0.421. The van der Waals surface area contributed by atoms with Crippen LogP contribution >= 0.6 is 0 Å². The maximum absolute atomic E-state index is 11.9. The van der Waals surface area contributed by atoms with Crippen molar-refractivity contribution in [3.8, 4) is 0 Å². The summed E-state index contributed by atoms with van der Waals surface area (Å²) in [6.45, 7) is -0.605. The van der Waals surface area contributed by atoms with E-state index in [1.54, 1.807) is 0 Å². The lowest BCUT2D eigenvalue weighted by molar-refractivity contribution is 0.147. The van der Waals surface area contributed by atoms with Crippen molar-refractivity contribution in [1.29, 1.82) is 0 Å². The van der Waals surface area contributed by atoms with Crippen molar-refractivity contribution in [1.82, 2.24) is 5.32 Å². The zero-order valence-corrected chi connectivity index (χ0v) is 11.3. The van der Waals surface area contributed by atoms with Crippen LogP contribution in [0.5, 0.6) is 0 Å². The molecule has 0 bridgehead atoms. The molecule has 4 N–H and O–H groups in total. The molecule has 0 aromatic heterocycles. The molecule has 0 unspecified atom stereocenters. The molecule has 0 atom stereocenters. The zero-order valence-electron chi connectivity index (χ0n) is 10.5. The van der Waals surface area contributed by atoms with Crippen molar-refractivity contribution in [2.75, 3.05) is 18.8 Å². The predicted molar refractivity (Wildman–Crippen MR) is 69.9 cm³/mol. The summed E-state index contributed by atoms with van der Waals surface area (Å²) in [6, 6.07) is 5.43. The molecular weight excluding hydrogens is 292 g/mol. The standard InChI is InChI=1S/C11H15F2N3O3S/c12-10(13)7-15-5-6-20(18,19)9-3-1-8(2-4-9)11(14)16-17/h1-4,10,15,17H,5-7H2,(H2,14,16). The third-order valence-electron chi connectivity index (χ3n) is 2.46. The number of nitrogens with zero attached hydrogens (tertiary/aromatic N) is 1. The van der Waals surface area contributed by atoms with Crippen molar-refractivity contribution < 1.29 is 22.4 Å². The minimum Gasteiger partial charge on any atom is -0.409 e. The number of amidine groups is 1. The van der Waals surface area contributed by atoms with Gasteiger partial charge in [-0.05, 0) is 24.3 Å². The maximum Gasteiger partial charge on any atom is 0.250 e. The molecule has 1 aromatic rings. The Morgan fingerprint density at radius 1 is 1.35 bits per heavy atom. The van der Waals surface area contributed by atoms with E-state index in [1.807, 2.05) is 0 Å². The van der Waals surface area contributed by atoms with Crippen LogP contribution in [-0.2, 0) is 9.84 Å². The number of oxime groups is 1. The summed E-state index contributed by atoms with van der Waals surface area (Å²) in [5.41, 5.74) is 5.73. The Morgan fingerprint density at radius 2 is 1.95 bits per heavy atom. The highest BCUT2D eigenvalue weighted by molar-refractivity contribution is 7.91. The molecule has 112 valence electrons. The Hall–Kier alpha value is -1.74. The smallest absolute Gasteiger partial charge is 0.250 e. The van der Waals surface area contributed by atoms with Gasteiger partial charge in [0.15, 0.2) is 15.7 Å². The summed E-state index contributed by atoms with van der Waals surface area (Å²) < 4.78 is 47.5. The average molecular weight is 307 g/mol. The van der Waals surface area contributed by atoms with E-state index in [0.29, 0.717) is 5.56 Å². The number of hydrogen-bond donors (Lipinski definition) is 3. The van der Waals surface area contributed by atoms with E-state index in [4.69, 9.17) is 10.9 Å². The van der Waals surface area contributed by atoms with E-state index in [0.717, 1.165) is 0 Å². The van der Waals surface area contributed by atoms with Crippen LogP contribution in [0.3, 0.4) is 0 Å². The lowest BCUT2D eigenvalue weighted by Crippen LogP contribution is -2.27. The lowest BCUT2D eigenvalue weighted by atomic mass is 10.2. The van der Waals surface area contributed by atoms with Gasteiger partial charge in [-0.3, -0.25) is 0 Å². The lowest BCUT2D eigenvalue weighted by Gasteiger charge is -2.07. The van der Waals surface area contributed by atoms with E-state index in [-0.39, 0.29) is 23.0 Å². The number of sulfone groups is 1. The van der Waals surface area contributed by atoms with Crippen molar-refractivity contribution in [3.05, 3.63) is 29.8 Å². The van der Waals surface area contributed by atoms with Crippen LogP contribution in [0.2, 0.25) is 0 Å². The van der Waals surface area contributed by atoms with E-state index in [2.05, 4.69) is 10.5 Å². The van der Waals surface area contributed by atoms with Crippen molar-refractivity contribution in [3.63, 3.8) is 0 Å². The minimum absolute atomic E-state index is 0.0471. The maximum atomic E-state index is 11.9. The minimum atomic E-state index is -3.56. The number of hydrogen-bond acceptors (Lipinski definition) is 5. The number of rotatable bonds is 7. The van der Waals surface area contributed by atoms with Crippen LogP contribution in [0.4, 0.5) is 8.78 Å². The van der Waals surface area contributed by atoms with E-state index in [9.17, 15) is 17.2 Å². The molecule has 0 aliphatic heterocycles. The van der Waals surface area contributed by atoms with Crippen LogP contribution in [0.1, 0.15) is 5.56 Å². The first-order valence-electron chi connectivity index (χ1n) is 5.66. The third kappa shape index (κ3) is 4.74. The van der Waals surface area contributed by atoms with Gasteiger partial charge < -0.3 is 16.3 Å². The number of nitrogens with one attached hydrogen (secondary N) is 1.